The molecule has 12 heteroatoms. The summed E-state index contributed by atoms with van der Waals surface area (Å²) in [6, 6.07) is 10.3. The molecule has 2 aliphatic rings. The van der Waals surface area contributed by atoms with Gasteiger partial charge in [-0.2, -0.15) is 18.2 Å². The highest BCUT2D eigenvalue weighted by molar-refractivity contribution is 5.82. The summed E-state index contributed by atoms with van der Waals surface area (Å²) >= 11 is 0. The van der Waals surface area contributed by atoms with Crippen molar-refractivity contribution in [1.29, 1.82) is 0 Å². The van der Waals surface area contributed by atoms with Crippen molar-refractivity contribution in [3.05, 3.63) is 71.4 Å². The molecule has 4 N–H and O–H groups in total. The van der Waals surface area contributed by atoms with E-state index in [9.17, 15) is 22.0 Å². The number of fused-ring (bicyclic) bond motifs is 1. The van der Waals surface area contributed by atoms with Crippen LogP contribution in [0.1, 0.15) is 22.3 Å². The predicted molar refractivity (Wildman–Crippen MR) is 137 cm³/mol. The van der Waals surface area contributed by atoms with Gasteiger partial charge < -0.3 is 26.2 Å². The van der Waals surface area contributed by atoms with Crippen LogP contribution in [0.15, 0.2) is 49.2 Å². The van der Waals surface area contributed by atoms with Crippen LogP contribution in [0.25, 0.3) is 5.70 Å². The van der Waals surface area contributed by atoms with Crippen LogP contribution in [0.2, 0.25) is 0 Å². The average molecular weight is 532 g/mol. The van der Waals surface area contributed by atoms with Gasteiger partial charge in [0.25, 0.3) is 0 Å². The lowest BCUT2D eigenvalue weighted by Gasteiger charge is -2.30. The molecule has 0 bridgehead atoms. The van der Waals surface area contributed by atoms with Gasteiger partial charge >= 0.3 is 6.18 Å². The Morgan fingerprint density at radius 1 is 1.05 bits per heavy atom. The quantitative estimate of drug-likeness (QED) is 0.310. The molecule has 0 unspecified atom stereocenters. The molecule has 2 aliphatic heterocycles. The highest BCUT2D eigenvalue weighted by Crippen LogP contribution is 2.38. The Morgan fingerprint density at radius 2 is 1.84 bits per heavy atom. The second-order valence-electron chi connectivity index (χ2n) is 9.05. The molecule has 1 fully saturated rings. The van der Waals surface area contributed by atoms with Gasteiger partial charge in [-0.25, -0.2) is 13.8 Å². The number of anilines is 5. The van der Waals surface area contributed by atoms with Crippen molar-refractivity contribution in [2.45, 2.75) is 25.6 Å². The molecule has 0 amide bonds. The first-order chi connectivity index (χ1) is 18.2. The molecular formula is C26H26F5N7. The Bertz CT molecular complexity index is 1340. The summed E-state index contributed by atoms with van der Waals surface area (Å²) in [5, 5.41) is 12.0. The molecule has 7 nitrogen and oxygen atoms in total. The van der Waals surface area contributed by atoms with Crippen LogP contribution in [0.3, 0.4) is 0 Å². The van der Waals surface area contributed by atoms with Crippen LogP contribution >= 0.6 is 0 Å². The third-order valence-electron chi connectivity index (χ3n) is 6.48. The minimum Gasteiger partial charge on any atom is -0.381 e. The standard InChI is InChI=1S/C26H26F5N7/c1-15-23-16(13-33-15)3-2-4-21(23)35-24-19(26(29,30)31)14-34-25(37-24)36-20-6-5-18(11-17(20)12-22(27)28)38-9-7-32-8-10-38/h2-6,11,14,22,32-33H,1,7-10,12-13H2,(H2,34,35,36,37). The van der Waals surface area contributed by atoms with Gasteiger partial charge in [0, 0.05) is 73.7 Å². The zero-order chi connectivity index (χ0) is 26.9. The van der Waals surface area contributed by atoms with Gasteiger partial charge in [0.05, 0.1) is 0 Å². The van der Waals surface area contributed by atoms with Gasteiger partial charge in [0.1, 0.15) is 11.4 Å². The molecular weight excluding hydrogens is 505 g/mol. The summed E-state index contributed by atoms with van der Waals surface area (Å²) in [6.07, 6.45) is -7.18. The van der Waals surface area contributed by atoms with Gasteiger partial charge in [-0.05, 0) is 35.4 Å². The van der Waals surface area contributed by atoms with E-state index in [0.29, 0.717) is 40.9 Å². The summed E-state index contributed by atoms with van der Waals surface area (Å²) < 4.78 is 68.3. The van der Waals surface area contributed by atoms with Crippen molar-refractivity contribution >= 4 is 34.5 Å². The van der Waals surface area contributed by atoms with E-state index in [2.05, 4.69) is 42.7 Å². The number of nitrogens with one attached hydrogen (secondary N) is 4. The molecule has 200 valence electrons. The number of benzene rings is 2. The maximum Gasteiger partial charge on any atom is 0.421 e. The Labute approximate surface area is 216 Å². The van der Waals surface area contributed by atoms with Crippen molar-refractivity contribution in [3.8, 4) is 0 Å². The van der Waals surface area contributed by atoms with E-state index in [1.165, 1.54) is 0 Å². The first-order valence-electron chi connectivity index (χ1n) is 12.1. The summed E-state index contributed by atoms with van der Waals surface area (Å²) in [6.45, 7) is 7.50. The zero-order valence-electron chi connectivity index (χ0n) is 20.3. The maximum absolute atomic E-state index is 13.8. The molecule has 0 saturated carbocycles. The third kappa shape index (κ3) is 5.49. The van der Waals surface area contributed by atoms with Crippen molar-refractivity contribution in [2.24, 2.45) is 0 Å². The maximum atomic E-state index is 13.8. The van der Waals surface area contributed by atoms with Crippen molar-refractivity contribution in [1.82, 2.24) is 20.6 Å². The summed E-state index contributed by atoms with van der Waals surface area (Å²) in [5.74, 6) is -0.619. The molecule has 0 atom stereocenters. The normalized spacial score (nSPS) is 15.4. The zero-order valence-corrected chi connectivity index (χ0v) is 20.3. The number of piperazine rings is 1. The van der Waals surface area contributed by atoms with Crippen LogP contribution in [0.4, 0.5) is 50.8 Å². The molecule has 2 aromatic carbocycles. The fourth-order valence-corrected chi connectivity index (χ4v) is 4.65. The fraction of sp³-hybridized carbons (Fsp3) is 0.308. The molecule has 0 aliphatic carbocycles. The van der Waals surface area contributed by atoms with Crippen LogP contribution in [0.5, 0.6) is 0 Å². The van der Waals surface area contributed by atoms with E-state index >= 15 is 0 Å². The van der Waals surface area contributed by atoms with E-state index in [1.807, 2.05) is 6.07 Å². The van der Waals surface area contributed by atoms with Gasteiger partial charge in [0.15, 0.2) is 0 Å². The fourth-order valence-electron chi connectivity index (χ4n) is 4.65. The van der Waals surface area contributed by atoms with Gasteiger partial charge in [0.2, 0.25) is 12.4 Å². The minimum atomic E-state index is -4.72. The van der Waals surface area contributed by atoms with Crippen LogP contribution in [0, 0.1) is 0 Å². The third-order valence-corrected chi connectivity index (χ3v) is 6.48. The van der Waals surface area contributed by atoms with Crippen molar-refractivity contribution < 1.29 is 22.0 Å². The summed E-state index contributed by atoms with van der Waals surface area (Å²) in [7, 11) is 0. The van der Waals surface area contributed by atoms with E-state index in [-0.39, 0.29) is 5.95 Å². The monoisotopic (exact) mass is 531 g/mol. The highest BCUT2D eigenvalue weighted by Gasteiger charge is 2.36. The van der Waals surface area contributed by atoms with Crippen molar-refractivity contribution in [2.75, 3.05) is 41.7 Å². The summed E-state index contributed by atoms with van der Waals surface area (Å²) in [4.78, 5) is 10.0. The van der Waals surface area contributed by atoms with Crippen LogP contribution < -0.4 is 26.2 Å². The number of alkyl halides is 5. The largest absolute Gasteiger partial charge is 0.421 e. The Morgan fingerprint density at radius 3 is 2.58 bits per heavy atom. The second kappa shape index (κ2) is 10.4. The van der Waals surface area contributed by atoms with Crippen LogP contribution in [-0.4, -0.2) is 42.6 Å². The average Bonchev–Trinajstić information content (AvgIpc) is 3.26. The molecule has 0 radical (unpaired) electrons. The lowest BCUT2D eigenvalue weighted by molar-refractivity contribution is -0.137. The number of hydrogen-bond acceptors (Lipinski definition) is 7. The number of hydrogen-bond donors (Lipinski definition) is 4. The van der Waals surface area contributed by atoms with E-state index in [4.69, 9.17) is 0 Å². The molecule has 38 heavy (non-hydrogen) atoms. The second-order valence-corrected chi connectivity index (χ2v) is 9.05. The molecule has 3 aromatic rings. The van der Waals surface area contributed by atoms with Gasteiger partial charge in [-0.15, -0.1) is 0 Å². The topological polar surface area (TPSA) is 77.1 Å². The molecule has 1 aromatic heterocycles. The number of aromatic nitrogens is 2. The number of rotatable bonds is 7. The first kappa shape index (κ1) is 25.7. The number of nitrogens with zero attached hydrogens (tertiary/aromatic N) is 3. The lowest BCUT2D eigenvalue weighted by Crippen LogP contribution is -2.43. The summed E-state index contributed by atoms with van der Waals surface area (Å²) in [5.41, 5.74) is 2.93. The van der Waals surface area contributed by atoms with E-state index < -0.39 is 30.4 Å². The molecule has 5 rings (SSSR count). The van der Waals surface area contributed by atoms with Crippen molar-refractivity contribution in [3.63, 3.8) is 0 Å². The van der Waals surface area contributed by atoms with Gasteiger partial charge in [-0.3, -0.25) is 0 Å². The lowest BCUT2D eigenvalue weighted by atomic mass is 10.1. The Kier molecular flexibility index (Phi) is 7.06. The van der Waals surface area contributed by atoms with E-state index in [1.54, 1.807) is 30.3 Å². The first-order valence-corrected chi connectivity index (χ1v) is 12.1. The molecule has 1 saturated heterocycles. The predicted octanol–water partition coefficient (Wildman–Crippen LogP) is 5.27. The highest BCUT2D eigenvalue weighted by atomic mass is 19.4. The molecule has 3 heterocycles. The Hall–Kier alpha value is -3.93. The Balaban J connectivity index is 1.48. The smallest absolute Gasteiger partial charge is 0.381 e. The van der Waals surface area contributed by atoms with Gasteiger partial charge in [-0.1, -0.05) is 18.7 Å². The van der Waals surface area contributed by atoms with E-state index in [0.717, 1.165) is 37.4 Å². The number of halogens is 5. The SMILES string of the molecule is C=C1NCc2cccc(Nc3nc(Nc4ccc(N5CCNCC5)cc4CC(F)F)ncc3C(F)(F)F)c21. The minimum absolute atomic E-state index is 0.157. The molecule has 0 spiro atoms. The van der Waals surface area contributed by atoms with Crippen LogP contribution in [-0.2, 0) is 19.1 Å².